The van der Waals surface area contributed by atoms with E-state index in [0.717, 1.165) is 62.9 Å². The molecule has 4 nitrogen and oxygen atoms in total. The lowest BCUT2D eigenvalue weighted by Gasteiger charge is -2.31. The van der Waals surface area contributed by atoms with Gasteiger partial charge >= 0.3 is 0 Å². The summed E-state index contributed by atoms with van der Waals surface area (Å²) in [7, 11) is 0. The second-order valence-electron chi connectivity index (χ2n) is 7.65. The minimum absolute atomic E-state index is 0.108. The molecular formula is C22H26N2O2S. The van der Waals surface area contributed by atoms with Crippen LogP contribution in [-0.4, -0.2) is 34.1 Å². The molecule has 1 aromatic heterocycles. The zero-order valence-electron chi connectivity index (χ0n) is 15.8. The van der Waals surface area contributed by atoms with Crippen LogP contribution in [0.15, 0.2) is 40.0 Å². The highest BCUT2D eigenvalue weighted by Gasteiger charge is 2.26. The zero-order chi connectivity index (χ0) is 18.8. The molecule has 0 saturated carbocycles. The summed E-state index contributed by atoms with van der Waals surface area (Å²) in [6, 6.07) is 10.4. The van der Waals surface area contributed by atoms with Crippen molar-refractivity contribution in [2.45, 2.75) is 55.6 Å². The van der Waals surface area contributed by atoms with Crippen molar-refractivity contribution in [3.63, 3.8) is 0 Å². The standard InChI is InChI=1S/C22H26N2O2S/c1-15-5-4-7-18(13-15)27-17-9-11-24(12-10-17)22(26)19-14-16-6-2-3-8-20(16)23-21(19)25/h4-5,7,13-14,17H,2-3,6,8-12H2,1H3,(H,23,25). The fraction of sp³-hybridized carbons (Fsp3) is 0.455. The van der Waals surface area contributed by atoms with Crippen molar-refractivity contribution in [3.05, 3.63) is 63.1 Å². The molecule has 5 heteroatoms. The normalized spacial score (nSPS) is 17.6. The first kappa shape index (κ1) is 18.4. The maximum atomic E-state index is 12.9. The molecule has 2 heterocycles. The number of benzene rings is 1. The molecule has 1 aromatic carbocycles. The first-order chi connectivity index (χ1) is 13.1. The smallest absolute Gasteiger partial charge is 0.261 e. The van der Waals surface area contributed by atoms with Crippen molar-refractivity contribution in [3.8, 4) is 0 Å². The highest BCUT2D eigenvalue weighted by Crippen LogP contribution is 2.31. The van der Waals surface area contributed by atoms with Gasteiger partial charge in [-0.25, -0.2) is 0 Å². The van der Waals surface area contributed by atoms with Gasteiger partial charge in [-0.1, -0.05) is 17.7 Å². The van der Waals surface area contributed by atoms with Crippen molar-refractivity contribution >= 4 is 17.7 Å². The molecule has 2 aliphatic rings. The van der Waals surface area contributed by atoms with Crippen molar-refractivity contribution in [2.75, 3.05) is 13.1 Å². The molecule has 27 heavy (non-hydrogen) atoms. The van der Waals surface area contributed by atoms with E-state index in [1.165, 1.54) is 10.5 Å². The molecule has 0 spiro atoms. The summed E-state index contributed by atoms with van der Waals surface area (Å²) in [5.74, 6) is -0.108. The number of fused-ring (bicyclic) bond motifs is 1. The average Bonchev–Trinajstić information content (AvgIpc) is 2.67. The average molecular weight is 383 g/mol. The molecule has 142 valence electrons. The largest absolute Gasteiger partial charge is 0.338 e. The number of carbonyl (C=O) groups excluding carboxylic acids is 1. The summed E-state index contributed by atoms with van der Waals surface area (Å²) in [5, 5.41) is 0.526. The molecule has 4 rings (SSSR count). The minimum Gasteiger partial charge on any atom is -0.338 e. The topological polar surface area (TPSA) is 53.2 Å². The number of nitrogens with zero attached hydrogens (tertiary/aromatic N) is 1. The number of nitrogens with one attached hydrogen (secondary N) is 1. The van der Waals surface area contributed by atoms with Crippen molar-refractivity contribution in [1.29, 1.82) is 0 Å². The Hall–Kier alpha value is -2.01. The number of aryl methyl sites for hydroxylation is 3. The predicted molar refractivity (Wildman–Crippen MR) is 110 cm³/mol. The van der Waals surface area contributed by atoms with Crippen LogP contribution in [0.4, 0.5) is 0 Å². The summed E-state index contributed by atoms with van der Waals surface area (Å²) >= 11 is 1.90. The number of rotatable bonds is 3. The zero-order valence-corrected chi connectivity index (χ0v) is 16.6. The van der Waals surface area contributed by atoms with Gasteiger partial charge in [0.05, 0.1) is 0 Å². The minimum atomic E-state index is -0.225. The van der Waals surface area contributed by atoms with Gasteiger partial charge in [-0.15, -0.1) is 11.8 Å². The van der Waals surface area contributed by atoms with Gasteiger partial charge in [0.15, 0.2) is 0 Å². The van der Waals surface area contributed by atoms with Crippen molar-refractivity contribution < 1.29 is 4.79 Å². The molecule has 1 aliphatic heterocycles. The van der Waals surface area contributed by atoms with E-state index in [0.29, 0.717) is 10.8 Å². The number of thioether (sulfide) groups is 1. The van der Waals surface area contributed by atoms with Gasteiger partial charge in [-0.3, -0.25) is 9.59 Å². The van der Waals surface area contributed by atoms with Crippen LogP contribution in [0, 0.1) is 6.92 Å². The maximum absolute atomic E-state index is 12.9. The van der Waals surface area contributed by atoms with Gasteiger partial charge in [0.25, 0.3) is 11.5 Å². The Labute approximate surface area is 164 Å². The van der Waals surface area contributed by atoms with Crippen molar-refractivity contribution in [2.24, 2.45) is 0 Å². The number of carbonyl (C=O) groups is 1. The van der Waals surface area contributed by atoms with Crippen LogP contribution in [0.2, 0.25) is 0 Å². The SMILES string of the molecule is Cc1cccc(SC2CCN(C(=O)c3cc4c([nH]c3=O)CCCC4)CC2)c1. The Morgan fingerprint density at radius 1 is 1.15 bits per heavy atom. The van der Waals surface area contributed by atoms with E-state index >= 15 is 0 Å². The Morgan fingerprint density at radius 3 is 2.70 bits per heavy atom. The molecule has 1 N–H and O–H groups in total. The Balaban J connectivity index is 1.41. The summed E-state index contributed by atoms with van der Waals surface area (Å²) in [4.78, 5) is 31.4. The van der Waals surface area contributed by atoms with Crippen LogP contribution in [0.25, 0.3) is 0 Å². The van der Waals surface area contributed by atoms with E-state index in [-0.39, 0.29) is 11.5 Å². The lowest BCUT2D eigenvalue weighted by atomic mass is 9.94. The Bertz CT molecular complexity index is 897. The van der Waals surface area contributed by atoms with Gasteiger partial charge in [0, 0.05) is 28.9 Å². The fourth-order valence-corrected chi connectivity index (χ4v) is 5.30. The van der Waals surface area contributed by atoms with Crippen LogP contribution in [-0.2, 0) is 12.8 Å². The number of H-pyrrole nitrogens is 1. The molecule has 0 radical (unpaired) electrons. The van der Waals surface area contributed by atoms with E-state index in [4.69, 9.17) is 0 Å². The fourth-order valence-electron chi connectivity index (χ4n) is 4.06. The molecule has 1 amide bonds. The molecule has 0 bridgehead atoms. The number of hydrogen-bond acceptors (Lipinski definition) is 3. The van der Waals surface area contributed by atoms with Crippen LogP contribution in [0.1, 0.15) is 52.9 Å². The second kappa shape index (κ2) is 7.93. The molecule has 1 fully saturated rings. The van der Waals surface area contributed by atoms with E-state index in [1.54, 1.807) is 0 Å². The van der Waals surface area contributed by atoms with Gasteiger partial charge in [0.1, 0.15) is 5.56 Å². The number of aromatic amines is 1. The van der Waals surface area contributed by atoms with Crippen LogP contribution >= 0.6 is 11.8 Å². The maximum Gasteiger partial charge on any atom is 0.261 e. The monoisotopic (exact) mass is 382 g/mol. The first-order valence-electron chi connectivity index (χ1n) is 9.88. The molecule has 1 saturated heterocycles. The third-order valence-corrected chi connectivity index (χ3v) is 6.92. The van der Waals surface area contributed by atoms with E-state index in [2.05, 4.69) is 36.2 Å². The number of amides is 1. The molecule has 0 atom stereocenters. The van der Waals surface area contributed by atoms with E-state index in [9.17, 15) is 9.59 Å². The van der Waals surface area contributed by atoms with Gasteiger partial charge in [0.2, 0.25) is 0 Å². The van der Waals surface area contributed by atoms with E-state index in [1.807, 2.05) is 22.7 Å². The van der Waals surface area contributed by atoms with Crippen LogP contribution < -0.4 is 5.56 Å². The predicted octanol–water partition coefficient (Wildman–Crippen LogP) is 3.96. The molecule has 0 unspecified atom stereocenters. The third-order valence-electron chi connectivity index (χ3n) is 5.59. The number of likely N-dealkylation sites (tertiary alicyclic amines) is 1. The second-order valence-corrected chi connectivity index (χ2v) is 9.02. The van der Waals surface area contributed by atoms with Crippen molar-refractivity contribution in [1.82, 2.24) is 9.88 Å². The van der Waals surface area contributed by atoms with Gasteiger partial charge in [-0.05, 0) is 69.2 Å². The molecular weight excluding hydrogens is 356 g/mol. The Morgan fingerprint density at radius 2 is 1.93 bits per heavy atom. The Kier molecular flexibility index (Phi) is 5.39. The lowest BCUT2D eigenvalue weighted by molar-refractivity contribution is 0.0725. The van der Waals surface area contributed by atoms with E-state index < -0.39 is 0 Å². The highest BCUT2D eigenvalue weighted by atomic mass is 32.2. The number of aromatic nitrogens is 1. The van der Waals surface area contributed by atoms with Gasteiger partial charge < -0.3 is 9.88 Å². The summed E-state index contributed by atoms with van der Waals surface area (Å²) < 4.78 is 0. The summed E-state index contributed by atoms with van der Waals surface area (Å²) in [6.45, 7) is 3.55. The quantitative estimate of drug-likeness (QED) is 0.874. The van der Waals surface area contributed by atoms with Gasteiger partial charge in [-0.2, -0.15) is 0 Å². The first-order valence-corrected chi connectivity index (χ1v) is 10.8. The summed E-state index contributed by atoms with van der Waals surface area (Å²) in [6.07, 6.45) is 6.05. The number of piperidine rings is 1. The number of hydrogen-bond donors (Lipinski definition) is 1. The third kappa shape index (κ3) is 4.13. The number of pyridine rings is 1. The summed E-state index contributed by atoms with van der Waals surface area (Å²) in [5.41, 5.74) is 3.54. The van der Waals surface area contributed by atoms with Crippen LogP contribution in [0.3, 0.4) is 0 Å². The lowest BCUT2D eigenvalue weighted by Crippen LogP contribution is -2.41. The molecule has 2 aromatic rings. The molecule has 1 aliphatic carbocycles. The highest BCUT2D eigenvalue weighted by molar-refractivity contribution is 8.00. The van der Waals surface area contributed by atoms with Crippen LogP contribution in [0.5, 0.6) is 0 Å².